The Morgan fingerprint density at radius 1 is 1.20 bits per heavy atom. The quantitative estimate of drug-likeness (QED) is 0.887. The second kappa shape index (κ2) is 7.32. The van der Waals surface area contributed by atoms with Crippen LogP contribution in [-0.2, 0) is 12.8 Å². The van der Waals surface area contributed by atoms with E-state index in [9.17, 15) is 0 Å². The summed E-state index contributed by atoms with van der Waals surface area (Å²) in [4.78, 5) is 0. The summed E-state index contributed by atoms with van der Waals surface area (Å²) < 4.78 is 12.2. The molecule has 0 atom stereocenters. The summed E-state index contributed by atoms with van der Waals surface area (Å²) in [6, 6.07) is 2.04. The van der Waals surface area contributed by atoms with Gasteiger partial charge in [0.25, 0.3) is 0 Å². The molecule has 0 saturated carbocycles. The largest absolute Gasteiger partial charge is 0.493 e. The number of piperidine rings is 1. The smallest absolute Gasteiger partial charge is 0.164 e. The van der Waals surface area contributed by atoms with E-state index in [-0.39, 0.29) is 0 Å². The van der Waals surface area contributed by atoms with Crippen LogP contribution < -0.4 is 14.8 Å². The minimum absolute atomic E-state index is 0.760. The van der Waals surface area contributed by atoms with Crippen molar-refractivity contribution in [1.29, 1.82) is 0 Å². The molecule has 1 aromatic carbocycles. The van der Waals surface area contributed by atoms with Crippen molar-refractivity contribution >= 4 is 15.9 Å². The average Bonchev–Trinajstić information content (AvgIpc) is 2.49. The molecule has 1 saturated heterocycles. The van der Waals surface area contributed by atoms with Crippen LogP contribution in [0.5, 0.6) is 11.5 Å². The van der Waals surface area contributed by atoms with E-state index in [1.54, 1.807) is 14.2 Å². The topological polar surface area (TPSA) is 30.5 Å². The van der Waals surface area contributed by atoms with Crippen LogP contribution in [0.25, 0.3) is 0 Å². The van der Waals surface area contributed by atoms with Crippen molar-refractivity contribution in [1.82, 2.24) is 5.32 Å². The Bertz CT molecular complexity index is 456. The van der Waals surface area contributed by atoms with E-state index in [1.165, 1.54) is 24.0 Å². The molecule has 1 heterocycles. The maximum absolute atomic E-state index is 5.58. The maximum atomic E-state index is 5.58. The Hall–Kier alpha value is -0.740. The molecule has 1 fully saturated rings. The minimum atomic E-state index is 0.760. The molecule has 0 bridgehead atoms. The fraction of sp³-hybridized carbons (Fsp3) is 0.625. The zero-order chi connectivity index (χ0) is 14.5. The number of ether oxygens (including phenoxy) is 2. The lowest BCUT2D eigenvalue weighted by Gasteiger charge is -2.25. The molecule has 1 aliphatic heterocycles. The van der Waals surface area contributed by atoms with Gasteiger partial charge in [0.2, 0.25) is 0 Å². The molecule has 0 unspecified atom stereocenters. The van der Waals surface area contributed by atoms with E-state index in [0.29, 0.717) is 0 Å². The van der Waals surface area contributed by atoms with Crippen LogP contribution in [0, 0.1) is 5.92 Å². The first kappa shape index (κ1) is 15.6. The average molecular weight is 342 g/mol. The molecular formula is C16H24BrNO2. The first-order chi connectivity index (χ1) is 9.71. The number of methoxy groups -OCH3 is 2. The standard InChI is InChI=1S/C16H24BrNO2/c1-4-12-13(9-11-5-7-18-8-6-11)14(17)10-15(19-2)16(12)20-3/h10-11,18H,4-9H2,1-3H3. The molecule has 20 heavy (non-hydrogen) atoms. The molecule has 1 N–H and O–H groups in total. The van der Waals surface area contributed by atoms with Gasteiger partial charge in [-0.2, -0.15) is 0 Å². The van der Waals surface area contributed by atoms with E-state index < -0.39 is 0 Å². The number of benzene rings is 1. The second-order valence-electron chi connectivity index (χ2n) is 5.30. The van der Waals surface area contributed by atoms with E-state index >= 15 is 0 Å². The summed E-state index contributed by atoms with van der Waals surface area (Å²) in [5.41, 5.74) is 2.66. The van der Waals surface area contributed by atoms with Gasteiger partial charge in [0.05, 0.1) is 14.2 Å². The molecule has 0 aromatic heterocycles. The van der Waals surface area contributed by atoms with Gasteiger partial charge in [0, 0.05) is 10.0 Å². The number of rotatable bonds is 5. The number of hydrogen-bond donors (Lipinski definition) is 1. The van der Waals surface area contributed by atoms with Crippen molar-refractivity contribution in [3.05, 3.63) is 21.7 Å². The van der Waals surface area contributed by atoms with Crippen LogP contribution in [0.1, 0.15) is 30.9 Å². The summed E-state index contributed by atoms with van der Waals surface area (Å²) in [6.45, 7) is 4.45. The third kappa shape index (κ3) is 3.29. The first-order valence-electron chi connectivity index (χ1n) is 7.34. The Labute approximate surface area is 130 Å². The lowest BCUT2D eigenvalue weighted by atomic mass is 9.88. The molecule has 1 aromatic rings. The first-order valence-corrected chi connectivity index (χ1v) is 8.13. The highest BCUT2D eigenvalue weighted by Crippen LogP contribution is 2.40. The van der Waals surface area contributed by atoms with Crippen molar-refractivity contribution in [2.75, 3.05) is 27.3 Å². The monoisotopic (exact) mass is 341 g/mol. The van der Waals surface area contributed by atoms with E-state index in [0.717, 1.165) is 47.8 Å². The van der Waals surface area contributed by atoms with Crippen molar-refractivity contribution in [3.8, 4) is 11.5 Å². The van der Waals surface area contributed by atoms with Crippen molar-refractivity contribution in [2.45, 2.75) is 32.6 Å². The molecule has 3 nitrogen and oxygen atoms in total. The predicted octanol–water partition coefficient (Wildman–Crippen LogP) is 3.57. The molecule has 0 amide bonds. The fourth-order valence-corrected chi connectivity index (χ4v) is 3.65. The van der Waals surface area contributed by atoms with Gasteiger partial charge >= 0.3 is 0 Å². The van der Waals surface area contributed by atoms with E-state index in [2.05, 4.69) is 28.2 Å². The van der Waals surface area contributed by atoms with Crippen molar-refractivity contribution < 1.29 is 9.47 Å². The highest BCUT2D eigenvalue weighted by molar-refractivity contribution is 9.10. The maximum Gasteiger partial charge on any atom is 0.164 e. The summed E-state index contributed by atoms with van der Waals surface area (Å²) in [5, 5.41) is 3.43. The normalized spacial score (nSPS) is 16.2. The summed E-state index contributed by atoms with van der Waals surface area (Å²) in [6.07, 6.45) is 4.58. The molecule has 1 aliphatic rings. The third-order valence-corrected chi connectivity index (χ3v) is 4.84. The molecule has 4 heteroatoms. The van der Waals surface area contributed by atoms with Crippen molar-refractivity contribution in [2.24, 2.45) is 5.92 Å². The Morgan fingerprint density at radius 2 is 1.90 bits per heavy atom. The molecule has 112 valence electrons. The SMILES string of the molecule is CCc1c(CC2CCNCC2)c(Br)cc(OC)c1OC. The van der Waals surface area contributed by atoms with Gasteiger partial charge in [-0.25, -0.2) is 0 Å². The number of nitrogens with one attached hydrogen (secondary N) is 1. The third-order valence-electron chi connectivity index (χ3n) is 4.14. The van der Waals surface area contributed by atoms with Gasteiger partial charge in [0.15, 0.2) is 11.5 Å². The van der Waals surface area contributed by atoms with Gasteiger partial charge in [-0.1, -0.05) is 22.9 Å². The predicted molar refractivity (Wildman–Crippen MR) is 85.9 cm³/mol. The summed E-state index contributed by atoms with van der Waals surface area (Å²) >= 11 is 3.72. The Morgan fingerprint density at radius 3 is 2.45 bits per heavy atom. The lowest BCUT2D eigenvalue weighted by Crippen LogP contribution is -2.29. The van der Waals surface area contributed by atoms with Gasteiger partial charge in [-0.3, -0.25) is 0 Å². The van der Waals surface area contributed by atoms with Crippen LogP contribution in [0.15, 0.2) is 10.5 Å². The Kier molecular flexibility index (Phi) is 5.73. The second-order valence-corrected chi connectivity index (χ2v) is 6.16. The highest BCUT2D eigenvalue weighted by Gasteiger charge is 2.21. The molecular weight excluding hydrogens is 318 g/mol. The van der Waals surface area contributed by atoms with E-state index in [4.69, 9.17) is 9.47 Å². The molecule has 2 rings (SSSR count). The van der Waals surface area contributed by atoms with E-state index in [1.807, 2.05) is 6.07 Å². The zero-order valence-corrected chi connectivity index (χ0v) is 14.2. The highest BCUT2D eigenvalue weighted by atomic mass is 79.9. The van der Waals surface area contributed by atoms with Gasteiger partial charge in [-0.15, -0.1) is 0 Å². The summed E-state index contributed by atoms with van der Waals surface area (Å²) in [7, 11) is 3.41. The van der Waals surface area contributed by atoms with Crippen LogP contribution >= 0.6 is 15.9 Å². The number of halogens is 1. The van der Waals surface area contributed by atoms with Gasteiger partial charge < -0.3 is 14.8 Å². The van der Waals surface area contributed by atoms with Crippen LogP contribution in [0.3, 0.4) is 0 Å². The summed E-state index contributed by atoms with van der Waals surface area (Å²) in [5.74, 6) is 2.46. The van der Waals surface area contributed by atoms with Gasteiger partial charge in [-0.05, 0) is 56.3 Å². The zero-order valence-electron chi connectivity index (χ0n) is 12.6. The molecule has 0 radical (unpaired) electrons. The molecule has 0 spiro atoms. The fourth-order valence-electron chi connectivity index (χ4n) is 3.04. The molecule has 0 aliphatic carbocycles. The van der Waals surface area contributed by atoms with Gasteiger partial charge in [0.1, 0.15) is 0 Å². The minimum Gasteiger partial charge on any atom is -0.493 e. The Balaban J connectivity index is 2.35. The number of hydrogen-bond acceptors (Lipinski definition) is 3. The lowest BCUT2D eigenvalue weighted by molar-refractivity contribution is 0.347. The van der Waals surface area contributed by atoms with Crippen molar-refractivity contribution in [3.63, 3.8) is 0 Å². The van der Waals surface area contributed by atoms with Crippen LogP contribution in [-0.4, -0.2) is 27.3 Å². The van der Waals surface area contributed by atoms with Crippen LogP contribution in [0.4, 0.5) is 0 Å². The van der Waals surface area contributed by atoms with Crippen LogP contribution in [0.2, 0.25) is 0 Å².